The first-order valence-electron chi connectivity index (χ1n) is 8.59. The molecule has 3 nitrogen and oxygen atoms in total. The summed E-state index contributed by atoms with van der Waals surface area (Å²) in [6, 6.07) is 12.5. The molecular formula is C20H23Cl2FN2O. The van der Waals surface area contributed by atoms with E-state index in [1.807, 2.05) is 24.3 Å². The number of benzene rings is 2. The normalized spacial score (nSPS) is 16.4. The molecule has 3 rings (SSSR count). The zero-order valence-electron chi connectivity index (χ0n) is 14.5. The fraction of sp³-hybridized carbons (Fsp3) is 0.350. The predicted octanol–water partition coefficient (Wildman–Crippen LogP) is 4.11. The van der Waals surface area contributed by atoms with Crippen LogP contribution in [0.1, 0.15) is 27.9 Å². The first kappa shape index (κ1) is 20.7. The third-order valence-electron chi connectivity index (χ3n) is 4.70. The van der Waals surface area contributed by atoms with E-state index in [0.717, 1.165) is 23.4 Å². The van der Waals surface area contributed by atoms with Crippen molar-refractivity contribution in [2.75, 3.05) is 19.6 Å². The summed E-state index contributed by atoms with van der Waals surface area (Å²) in [6.07, 6.45) is 2.47. The largest absolute Gasteiger partial charge is 0.338 e. The Bertz CT molecular complexity index is 752. The van der Waals surface area contributed by atoms with Gasteiger partial charge in [0.1, 0.15) is 5.82 Å². The van der Waals surface area contributed by atoms with E-state index in [2.05, 4.69) is 0 Å². The van der Waals surface area contributed by atoms with Gasteiger partial charge in [-0.2, -0.15) is 0 Å². The van der Waals surface area contributed by atoms with Gasteiger partial charge in [-0.3, -0.25) is 4.79 Å². The Kier molecular flexibility index (Phi) is 7.44. The van der Waals surface area contributed by atoms with E-state index in [0.29, 0.717) is 32.0 Å². The molecule has 0 spiro atoms. The number of nitrogens with two attached hydrogens (primary N) is 1. The SMILES string of the molecule is Cl.NCCc1ccc(F)c(C(=O)N2CCC(Cc3ccc(Cl)cc3)C2)c1. The van der Waals surface area contributed by atoms with E-state index in [-0.39, 0.29) is 23.9 Å². The maximum atomic E-state index is 14.1. The lowest BCUT2D eigenvalue weighted by Crippen LogP contribution is -2.29. The molecule has 1 heterocycles. The molecule has 1 saturated heterocycles. The van der Waals surface area contributed by atoms with Gasteiger partial charge in [-0.05, 0) is 67.1 Å². The van der Waals surface area contributed by atoms with Gasteiger partial charge in [0.05, 0.1) is 5.56 Å². The Hall–Kier alpha value is -1.62. The molecule has 2 N–H and O–H groups in total. The molecule has 0 bridgehead atoms. The van der Waals surface area contributed by atoms with Gasteiger partial charge in [0, 0.05) is 18.1 Å². The van der Waals surface area contributed by atoms with Crippen molar-refractivity contribution in [2.45, 2.75) is 19.3 Å². The molecule has 1 unspecified atom stereocenters. The van der Waals surface area contributed by atoms with Crippen molar-refractivity contribution in [1.82, 2.24) is 4.90 Å². The van der Waals surface area contributed by atoms with Crippen LogP contribution in [-0.4, -0.2) is 30.4 Å². The summed E-state index contributed by atoms with van der Waals surface area (Å²) in [5.74, 6) is -0.303. The van der Waals surface area contributed by atoms with Crippen molar-refractivity contribution < 1.29 is 9.18 Å². The third kappa shape index (κ3) is 4.97. The molecule has 26 heavy (non-hydrogen) atoms. The summed E-state index contributed by atoms with van der Waals surface area (Å²) in [5, 5.41) is 0.722. The number of carbonyl (C=O) groups is 1. The Morgan fingerprint density at radius 1 is 1.19 bits per heavy atom. The highest BCUT2D eigenvalue weighted by molar-refractivity contribution is 6.30. The number of hydrogen-bond acceptors (Lipinski definition) is 2. The Morgan fingerprint density at radius 2 is 1.88 bits per heavy atom. The van der Waals surface area contributed by atoms with E-state index in [1.165, 1.54) is 11.6 Å². The van der Waals surface area contributed by atoms with Gasteiger partial charge in [-0.15, -0.1) is 12.4 Å². The second-order valence-electron chi connectivity index (χ2n) is 6.59. The van der Waals surface area contributed by atoms with Gasteiger partial charge >= 0.3 is 0 Å². The van der Waals surface area contributed by atoms with Gasteiger partial charge in [-0.25, -0.2) is 4.39 Å². The average Bonchev–Trinajstić information content (AvgIpc) is 3.07. The Labute approximate surface area is 164 Å². The van der Waals surface area contributed by atoms with Crippen LogP contribution < -0.4 is 5.73 Å². The number of halogens is 3. The van der Waals surface area contributed by atoms with Crippen LogP contribution >= 0.6 is 24.0 Å². The van der Waals surface area contributed by atoms with E-state index in [1.54, 1.807) is 17.0 Å². The van der Waals surface area contributed by atoms with Crippen LogP contribution in [0.15, 0.2) is 42.5 Å². The minimum Gasteiger partial charge on any atom is -0.338 e. The van der Waals surface area contributed by atoms with Crippen LogP contribution in [0.2, 0.25) is 5.02 Å². The van der Waals surface area contributed by atoms with Crippen LogP contribution in [0.25, 0.3) is 0 Å². The number of likely N-dealkylation sites (tertiary alicyclic amines) is 1. The summed E-state index contributed by atoms with van der Waals surface area (Å²) < 4.78 is 14.1. The van der Waals surface area contributed by atoms with E-state index in [9.17, 15) is 9.18 Å². The maximum Gasteiger partial charge on any atom is 0.256 e. The van der Waals surface area contributed by atoms with Crippen molar-refractivity contribution >= 4 is 29.9 Å². The molecule has 140 valence electrons. The number of nitrogens with zero attached hydrogens (tertiary/aromatic N) is 1. The van der Waals surface area contributed by atoms with Gasteiger partial charge in [0.25, 0.3) is 5.91 Å². The topological polar surface area (TPSA) is 46.3 Å². The summed E-state index contributed by atoms with van der Waals surface area (Å²) in [6.45, 7) is 1.80. The molecule has 0 aromatic heterocycles. The van der Waals surface area contributed by atoms with E-state index >= 15 is 0 Å². The minimum atomic E-state index is -0.466. The van der Waals surface area contributed by atoms with Crippen LogP contribution in [0.3, 0.4) is 0 Å². The molecule has 6 heteroatoms. The fourth-order valence-corrected chi connectivity index (χ4v) is 3.49. The van der Waals surface area contributed by atoms with Gasteiger partial charge < -0.3 is 10.6 Å². The molecule has 0 saturated carbocycles. The van der Waals surface area contributed by atoms with Crippen molar-refractivity contribution in [3.8, 4) is 0 Å². The summed E-state index contributed by atoms with van der Waals surface area (Å²) in [5.41, 5.74) is 7.80. The number of amides is 1. The molecule has 0 aliphatic carbocycles. The number of carbonyl (C=O) groups excluding carboxylic acids is 1. The van der Waals surface area contributed by atoms with Crippen molar-refractivity contribution in [2.24, 2.45) is 11.7 Å². The quantitative estimate of drug-likeness (QED) is 0.826. The van der Waals surface area contributed by atoms with Gasteiger partial charge in [-0.1, -0.05) is 29.8 Å². The summed E-state index contributed by atoms with van der Waals surface area (Å²) >= 11 is 5.91. The lowest BCUT2D eigenvalue weighted by atomic mass is 9.99. The first-order chi connectivity index (χ1) is 12.1. The second-order valence-corrected chi connectivity index (χ2v) is 7.03. The van der Waals surface area contributed by atoms with Gasteiger partial charge in [0.15, 0.2) is 0 Å². The van der Waals surface area contributed by atoms with Crippen LogP contribution in [0.5, 0.6) is 0 Å². The molecule has 1 amide bonds. The maximum absolute atomic E-state index is 14.1. The monoisotopic (exact) mass is 396 g/mol. The predicted molar refractivity (Wildman–Crippen MR) is 106 cm³/mol. The van der Waals surface area contributed by atoms with Crippen molar-refractivity contribution in [3.63, 3.8) is 0 Å². The molecular weight excluding hydrogens is 374 g/mol. The summed E-state index contributed by atoms with van der Waals surface area (Å²) in [4.78, 5) is 14.5. The van der Waals surface area contributed by atoms with Gasteiger partial charge in [0.2, 0.25) is 0 Å². The van der Waals surface area contributed by atoms with Crippen molar-refractivity contribution in [3.05, 3.63) is 70.0 Å². The second kappa shape index (κ2) is 9.36. The molecule has 1 atom stereocenters. The lowest BCUT2D eigenvalue weighted by Gasteiger charge is -2.18. The zero-order valence-corrected chi connectivity index (χ0v) is 16.0. The highest BCUT2D eigenvalue weighted by Crippen LogP contribution is 2.24. The highest BCUT2D eigenvalue weighted by Gasteiger charge is 2.28. The zero-order chi connectivity index (χ0) is 17.8. The third-order valence-corrected chi connectivity index (χ3v) is 4.96. The van der Waals surface area contributed by atoms with Crippen LogP contribution in [0, 0.1) is 11.7 Å². The van der Waals surface area contributed by atoms with Crippen LogP contribution in [-0.2, 0) is 12.8 Å². The molecule has 1 aliphatic rings. The van der Waals surface area contributed by atoms with Crippen LogP contribution in [0.4, 0.5) is 4.39 Å². The molecule has 1 fully saturated rings. The molecule has 2 aromatic carbocycles. The minimum absolute atomic E-state index is 0. The standard InChI is InChI=1S/C20H22ClFN2O.ClH/c21-17-4-1-14(2-5-17)11-16-8-10-24(13-16)20(25)18-12-15(7-9-23)3-6-19(18)22;/h1-6,12,16H,7-11,13,23H2;1H. The Morgan fingerprint density at radius 3 is 2.58 bits per heavy atom. The van der Waals surface area contributed by atoms with E-state index in [4.69, 9.17) is 17.3 Å². The number of rotatable bonds is 5. The Balaban J connectivity index is 0.00000243. The fourth-order valence-electron chi connectivity index (χ4n) is 3.37. The molecule has 0 radical (unpaired) electrons. The average molecular weight is 397 g/mol. The lowest BCUT2D eigenvalue weighted by molar-refractivity contribution is 0.0782. The van der Waals surface area contributed by atoms with Crippen molar-refractivity contribution in [1.29, 1.82) is 0 Å². The molecule has 2 aromatic rings. The smallest absolute Gasteiger partial charge is 0.256 e. The number of hydrogen-bond donors (Lipinski definition) is 1. The molecule has 1 aliphatic heterocycles. The van der Waals surface area contributed by atoms with E-state index < -0.39 is 5.82 Å². The summed E-state index contributed by atoms with van der Waals surface area (Å²) in [7, 11) is 0. The first-order valence-corrected chi connectivity index (χ1v) is 8.97. The highest BCUT2D eigenvalue weighted by atomic mass is 35.5.